The largest absolute Gasteiger partial charge is 0.369 e. The Bertz CT molecular complexity index is 909. The van der Waals surface area contributed by atoms with Crippen LogP contribution in [0.2, 0.25) is 5.02 Å². The van der Waals surface area contributed by atoms with E-state index < -0.39 is 0 Å². The summed E-state index contributed by atoms with van der Waals surface area (Å²) in [6.45, 7) is 6.38. The second-order valence-electron chi connectivity index (χ2n) is 7.16. The van der Waals surface area contributed by atoms with Gasteiger partial charge in [0.2, 0.25) is 0 Å². The number of hydrogen-bond donors (Lipinski definition) is 0. The predicted molar refractivity (Wildman–Crippen MR) is 110 cm³/mol. The van der Waals surface area contributed by atoms with Gasteiger partial charge in [-0.3, -0.25) is 14.6 Å². The first kappa shape index (κ1) is 19.1. The lowest BCUT2D eigenvalue weighted by Crippen LogP contribution is -2.38. The van der Waals surface area contributed by atoms with E-state index in [-0.39, 0.29) is 6.10 Å². The van der Waals surface area contributed by atoms with Crippen molar-refractivity contribution in [2.45, 2.75) is 32.5 Å². The van der Waals surface area contributed by atoms with Gasteiger partial charge in [-0.2, -0.15) is 5.10 Å². The number of aryl methyl sites for hydroxylation is 1. The molecule has 1 atom stereocenters. The highest BCUT2D eigenvalue weighted by atomic mass is 35.5. The molecule has 1 saturated heterocycles. The van der Waals surface area contributed by atoms with Gasteiger partial charge in [-0.15, -0.1) is 0 Å². The molecule has 6 heteroatoms. The summed E-state index contributed by atoms with van der Waals surface area (Å²) >= 11 is 6.27. The lowest BCUT2D eigenvalue weighted by molar-refractivity contribution is -0.0350. The third kappa shape index (κ3) is 4.61. The van der Waals surface area contributed by atoms with E-state index in [2.05, 4.69) is 46.3 Å². The van der Waals surface area contributed by atoms with E-state index in [1.807, 2.05) is 35.3 Å². The Morgan fingerprint density at radius 3 is 2.79 bits per heavy atom. The van der Waals surface area contributed by atoms with Crippen molar-refractivity contribution in [3.05, 3.63) is 82.4 Å². The van der Waals surface area contributed by atoms with Crippen LogP contribution in [0, 0.1) is 0 Å². The van der Waals surface area contributed by atoms with E-state index >= 15 is 0 Å². The van der Waals surface area contributed by atoms with Crippen molar-refractivity contribution < 1.29 is 4.74 Å². The third-order valence-corrected chi connectivity index (χ3v) is 5.47. The van der Waals surface area contributed by atoms with Crippen LogP contribution in [0.1, 0.15) is 35.4 Å². The van der Waals surface area contributed by atoms with Gasteiger partial charge >= 0.3 is 0 Å². The van der Waals surface area contributed by atoms with Gasteiger partial charge in [-0.05, 0) is 30.2 Å². The summed E-state index contributed by atoms with van der Waals surface area (Å²) in [5.74, 6) is 0. The molecule has 0 saturated carbocycles. The van der Waals surface area contributed by atoms with E-state index in [0.29, 0.717) is 0 Å². The average molecular weight is 397 g/mol. The molecular weight excluding hydrogens is 372 g/mol. The van der Waals surface area contributed by atoms with Crippen LogP contribution >= 0.6 is 11.6 Å². The molecule has 1 aromatic carbocycles. The van der Waals surface area contributed by atoms with Gasteiger partial charge in [0.15, 0.2) is 0 Å². The lowest BCUT2D eigenvalue weighted by atomic mass is 10.1. The molecule has 28 heavy (non-hydrogen) atoms. The molecule has 1 aliphatic rings. The van der Waals surface area contributed by atoms with Crippen LogP contribution in [0.15, 0.2) is 55.0 Å². The van der Waals surface area contributed by atoms with Crippen molar-refractivity contribution in [3.8, 4) is 0 Å². The molecule has 0 unspecified atom stereocenters. The van der Waals surface area contributed by atoms with Gasteiger partial charge in [0.25, 0.3) is 0 Å². The van der Waals surface area contributed by atoms with Gasteiger partial charge in [-0.25, -0.2) is 0 Å². The Morgan fingerprint density at radius 1 is 1.14 bits per heavy atom. The zero-order valence-electron chi connectivity index (χ0n) is 16.1. The molecule has 1 aliphatic heterocycles. The molecule has 3 heterocycles. The van der Waals surface area contributed by atoms with Crippen LogP contribution in [0.25, 0.3) is 0 Å². The monoisotopic (exact) mass is 396 g/mol. The van der Waals surface area contributed by atoms with Crippen LogP contribution in [0.4, 0.5) is 0 Å². The molecule has 0 amide bonds. The van der Waals surface area contributed by atoms with Crippen molar-refractivity contribution in [1.29, 1.82) is 0 Å². The van der Waals surface area contributed by atoms with Crippen LogP contribution in [-0.2, 0) is 24.2 Å². The van der Waals surface area contributed by atoms with E-state index in [9.17, 15) is 0 Å². The van der Waals surface area contributed by atoms with Crippen molar-refractivity contribution in [2.24, 2.45) is 0 Å². The molecular formula is C22H25ClN4O. The molecule has 5 nitrogen and oxygen atoms in total. The van der Waals surface area contributed by atoms with Crippen LogP contribution in [-0.4, -0.2) is 39.4 Å². The minimum atomic E-state index is 0.00401. The second kappa shape index (κ2) is 8.86. The standard InChI is InChI=1S/C22H25ClN4O/c1-2-27-15-18(13-25-27)14-26-9-10-28-22(16-26)21-8-7-17(12-24-21)11-19-5-3-4-6-20(19)23/h3-8,12-13,15,22H,2,9-11,14,16H2,1H3/t22-/m1/s1. The minimum Gasteiger partial charge on any atom is -0.369 e. The molecule has 1 fully saturated rings. The number of aromatic nitrogens is 3. The first-order chi connectivity index (χ1) is 13.7. The number of morpholine rings is 1. The molecule has 0 spiro atoms. The van der Waals surface area contributed by atoms with Crippen molar-refractivity contribution in [1.82, 2.24) is 19.7 Å². The van der Waals surface area contributed by atoms with E-state index in [1.165, 1.54) is 5.56 Å². The van der Waals surface area contributed by atoms with Gasteiger partial charge in [0.05, 0.1) is 18.5 Å². The van der Waals surface area contributed by atoms with Crippen LogP contribution < -0.4 is 0 Å². The Balaban J connectivity index is 1.38. The summed E-state index contributed by atoms with van der Waals surface area (Å²) in [5.41, 5.74) is 4.49. The maximum absolute atomic E-state index is 6.27. The molecule has 146 valence electrons. The quantitative estimate of drug-likeness (QED) is 0.628. The van der Waals surface area contributed by atoms with Gasteiger partial charge in [-0.1, -0.05) is 35.9 Å². The predicted octanol–water partition coefficient (Wildman–Crippen LogP) is 4.12. The number of ether oxygens (including phenoxy) is 1. The number of benzene rings is 1. The zero-order valence-corrected chi connectivity index (χ0v) is 16.8. The van der Waals surface area contributed by atoms with Gasteiger partial charge < -0.3 is 4.74 Å². The van der Waals surface area contributed by atoms with Crippen molar-refractivity contribution >= 4 is 11.6 Å². The number of nitrogens with zero attached hydrogens (tertiary/aromatic N) is 4. The summed E-state index contributed by atoms with van der Waals surface area (Å²) in [7, 11) is 0. The molecule has 0 bridgehead atoms. The highest BCUT2D eigenvalue weighted by Gasteiger charge is 2.23. The summed E-state index contributed by atoms with van der Waals surface area (Å²) in [5, 5.41) is 5.16. The van der Waals surface area contributed by atoms with Crippen LogP contribution in [0.5, 0.6) is 0 Å². The minimum absolute atomic E-state index is 0.00401. The summed E-state index contributed by atoms with van der Waals surface area (Å²) < 4.78 is 7.95. The summed E-state index contributed by atoms with van der Waals surface area (Å²) in [4.78, 5) is 7.08. The Hall–Kier alpha value is -2.21. The lowest BCUT2D eigenvalue weighted by Gasteiger charge is -2.32. The fourth-order valence-electron chi connectivity index (χ4n) is 3.54. The fraction of sp³-hybridized carbons (Fsp3) is 0.364. The third-order valence-electron chi connectivity index (χ3n) is 5.10. The molecule has 3 aromatic rings. The Kier molecular flexibility index (Phi) is 6.05. The maximum atomic E-state index is 6.27. The molecule has 2 aromatic heterocycles. The van der Waals surface area contributed by atoms with Gasteiger partial charge in [0, 0.05) is 55.6 Å². The number of pyridine rings is 1. The van der Waals surface area contributed by atoms with E-state index in [0.717, 1.165) is 61.1 Å². The van der Waals surface area contributed by atoms with E-state index in [1.54, 1.807) is 0 Å². The van der Waals surface area contributed by atoms with Gasteiger partial charge in [0.1, 0.15) is 6.10 Å². The first-order valence-electron chi connectivity index (χ1n) is 9.75. The van der Waals surface area contributed by atoms with E-state index in [4.69, 9.17) is 16.3 Å². The summed E-state index contributed by atoms with van der Waals surface area (Å²) in [6, 6.07) is 12.1. The molecule has 0 radical (unpaired) electrons. The number of halogens is 1. The summed E-state index contributed by atoms with van der Waals surface area (Å²) in [6.07, 6.45) is 6.80. The normalized spacial score (nSPS) is 17.7. The first-order valence-corrected chi connectivity index (χ1v) is 10.1. The smallest absolute Gasteiger partial charge is 0.112 e. The number of hydrogen-bond acceptors (Lipinski definition) is 4. The van der Waals surface area contributed by atoms with Crippen molar-refractivity contribution in [3.63, 3.8) is 0 Å². The highest BCUT2D eigenvalue weighted by molar-refractivity contribution is 6.31. The average Bonchev–Trinajstić information content (AvgIpc) is 3.18. The molecule has 0 N–H and O–H groups in total. The maximum Gasteiger partial charge on any atom is 0.112 e. The SMILES string of the molecule is CCn1cc(CN2CCO[C@@H](c3ccc(Cc4ccccc4Cl)cn3)C2)cn1. The molecule has 0 aliphatic carbocycles. The second-order valence-corrected chi connectivity index (χ2v) is 7.57. The van der Waals surface area contributed by atoms with Crippen molar-refractivity contribution in [2.75, 3.05) is 19.7 Å². The number of rotatable bonds is 6. The Morgan fingerprint density at radius 2 is 2.04 bits per heavy atom. The molecule has 4 rings (SSSR count). The van der Waals surface area contributed by atoms with Crippen LogP contribution in [0.3, 0.4) is 0 Å². The fourth-order valence-corrected chi connectivity index (χ4v) is 3.74. The highest BCUT2D eigenvalue weighted by Crippen LogP contribution is 2.23. The zero-order chi connectivity index (χ0) is 19.3. The topological polar surface area (TPSA) is 43.2 Å². The Labute approximate surface area is 170 Å².